The maximum Gasteiger partial charge on any atom is 0.0395 e. The smallest absolute Gasteiger partial charge is 0.0395 e. The van der Waals surface area contributed by atoms with E-state index in [1.165, 1.54) is 0 Å². The maximum atomic E-state index is 8.90. The van der Waals surface area contributed by atoms with Gasteiger partial charge in [-0.3, -0.25) is 0 Å². The predicted octanol–water partition coefficient (Wildman–Crippen LogP) is 2.57. The van der Waals surface area contributed by atoms with Crippen molar-refractivity contribution in [2.75, 3.05) is 11.5 Å². The van der Waals surface area contributed by atoms with Gasteiger partial charge in [-0.15, -0.1) is 0 Å². The highest BCUT2D eigenvalue weighted by Crippen LogP contribution is 2.29. The number of hydrogen-bond acceptors (Lipinski definition) is 4. The van der Waals surface area contributed by atoms with E-state index in [0.717, 1.165) is 15.7 Å². The van der Waals surface area contributed by atoms with E-state index in [1.807, 2.05) is 18.2 Å². The Balaban J connectivity index is 2.80. The standard InChI is InChI=1S/C10H10N2OS/c11-9-3-4-10(12)8-5-6(14-13)1-2-7(8)9/h1-5,13H,11-12H2. The minimum Gasteiger partial charge on any atom is -0.398 e. The molecule has 0 atom stereocenters. The summed E-state index contributed by atoms with van der Waals surface area (Å²) in [6.45, 7) is 0. The van der Waals surface area contributed by atoms with Crippen molar-refractivity contribution in [3.63, 3.8) is 0 Å². The van der Waals surface area contributed by atoms with Crippen LogP contribution in [0.2, 0.25) is 0 Å². The first-order valence-corrected chi connectivity index (χ1v) is 4.89. The molecule has 0 aliphatic carbocycles. The van der Waals surface area contributed by atoms with Crippen molar-refractivity contribution < 1.29 is 4.55 Å². The molecule has 0 heterocycles. The van der Waals surface area contributed by atoms with E-state index in [4.69, 9.17) is 16.0 Å². The van der Waals surface area contributed by atoms with E-state index < -0.39 is 0 Å². The van der Waals surface area contributed by atoms with Gasteiger partial charge >= 0.3 is 0 Å². The van der Waals surface area contributed by atoms with Gasteiger partial charge in [0.25, 0.3) is 0 Å². The molecule has 3 nitrogen and oxygen atoms in total. The van der Waals surface area contributed by atoms with E-state index in [9.17, 15) is 0 Å². The van der Waals surface area contributed by atoms with Gasteiger partial charge in [0.1, 0.15) is 0 Å². The number of nitrogen functional groups attached to an aromatic ring is 2. The van der Waals surface area contributed by atoms with Crippen LogP contribution in [0.1, 0.15) is 0 Å². The fourth-order valence-electron chi connectivity index (χ4n) is 1.43. The molecule has 5 N–H and O–H groups in total. The second kappa shape index (κ2) is 3.40. The van der Waals surface area contributed by atoms with Crippen molar-refractivity contribution in [3.05, 3.63) is 30.3 Å². The molecule has 2 aromatic rings. The molecular formula is C10H10N2OS. The Morgan fingerprint density at radius 1 is 0.929 bits per heavy atom. The molecule has 0 amide bonds. The number of anilines is 2. The molecule has 0 unspecified atom stereocenters. The minimum absolute atomic E-state index is 0.671. The van der Waals surface area contributed by atoms with E-state index in [0.29, 0.717) is 23.4 Å². The number of fused-ring (bicyclic) bond motifs is 1. The van der Waals surface area contributed by atoms with Crippen molar-refractivity contribution >= 4 is 34.2 Å². The van der Waals surface area contributed by atoms with Crippen LogP contribution in [0.4, 0.5) is 11.4 Å². The molecule has 0 fully saturated rings. The average Bonchev–Trinajstić information content (AvgIpc) is 2.23. The molecule has 0 radical (unpaired) electrons. The van der Waals surface area contributed by atoms with Gasteiger partial charge in [0.2, 0.25) is 0 Å². The van der Waals surface area contributed by atoms with Crippen LogP contribution in [-0.2, 0) is 0 Å². The molecule has 0 saturated carbocycles. The van der Waals surface area contributed by atoms with Gasteiger partial charge in [-0.2, -0.15) is 0 Å². The third kappa shape index (κ3) is 1.38. The zero-order chi connectivity index (χ0) is 10.1. The summed E-state index contributed by atoms with van der Waals surface area (Å²) in [5.74, 6) is 0. The van der Waals surface area contributed by atoms with Crippen LogP contribution in [0.15, 0.2) is 35.2 Å². The highest BCUT2D eigenvalue weighted by molar-refractivity contribution is 7.93. The van der Waals surface area contributed by atoms with Crippen molar-refractivity contribution in [1.29, 1.82) is 0 Å². The lowest BCUT2D eigenvalue weighted by Crippen LogP contribution is -1.92. The van der Waals surface area contributed by atoms with Crippen molar-refractivity contribution in [3.8, 4) is 0 Å². The van der Waals surface area contributed by atoms with Gasteiger partial charge in [0.15, 0.2) is 0 Å². The highest BCUT2D eigenvalue weighted by Gasteiger charge is 2.02. The normalized spacial score (nSPS) is 10.6. The summed E-state index contributed by atoms with van der Waals surface area (Å²) in [6.07, 6.45) is 0. The Labute approximate surface area is 85.9 Å². The molecule has 0 bridgehead atoms. The second-order valence-corrected chi connectivity index (χ2v) is 3.70. The third-order valence-electron chi connectivity index (χ3n) is 2.16. The van der Waals surface area contributed by atoms with E-state index in [1.54, 1.807) is 12.1 Å². The quantitative estimate of drug-likeness (QED) is 0.495. The molecule has 2 rings (SSSR count). The highest BCUT2D eigenvalue weighted by atomic mass is 32.2. The van der Waals surface area contributed by atoms with E-state index in [-0.39, 0.29) is 0 Å². The van der Waals surface area contributed by atoms with Crippen LogP contribution in [0, 0.1) is 0 Å². The first-order valence-electron chi connectivity index (χ1n) is 4.11. The van der Waals surface area contributed by atoms with Gasteiger partial charge in [-0.25, -0.2) is 0 Å². The number of rotatable bonds is 1. The molecule has 4 heteroatoms. The first-order chi connectivity index (χ1) is 6.72. The van der Waals surface area contributed by atoms with Crippen molar-refractivity contribution in [2.45, 2.75) is 4.90 Å². The summed E-state index contributed by atoms with van der Waals surface area (Å²) in [6, 6.07) is 9.04. The lowest BCUT2D eigenvalue weighted by molar-refractivity contribution is 0.664. The number of nitrogens with two attached hydrogens (primary N) is 2. The zero-order valence-corrected chi connectivity index (χ0v) is 8.21. The molecule has 2 aromatic carbocycles. The lowest BCUT2D eigenvalue weighted by atomic mass is 10.1. The van der Waals surface area contributed by atoms with Crippen LogP contribution in [0.25, 0.3) is 10.8 Å². The van der Waals surface area contributed by atoms with Gasteiger partial charge in [-0.05, 0) is 24.3 Å². The van der Waals surface area contributed by atoms with Crippen LogP contribution < -0.4 is 11.5 Å². The molecule has 14 heavy (non-hydrogen) atoms. The lowest BCUT2D eigenvalue weighted by Gasteiger charge is -2.06. The van der Waals surface area contributed by atoms with Gasteiger partial charge in [0.05, 0.1) is 0 Å². The number of benzene rings is 2. The Morgan fingerprint density at radius 2 is 1.57 bits per heavy atom. The summed E-state index contributed by atoms with van der Waals surface area (Å²) in [7, 11) is 0. The molecule has 0 saturated heterocycles. The summed E-state index contributed by atoms with van der Waals surface area (Å²) < 4.78 is 8.90. The molecular weight excluding hydrogens is 196 g/mol. The fraction of sp³-hybridized carbons (Fsp3) is 0. The van der Waals surface area contributed by atoms with Gasteiger partial charge in [-0.1, -0.05) is 6.07 Å². The Hall–Kier alpha value is -1.39. The summed E-state index contributed by atoms with van der Waals surface area (Å²) in [4.78, 5) is 0.759. The summed E-state index contributed by atoms with van der Waals surface area (Å²) in [5, 5.41) is 1.80. The monoisotopic (exact) mass is 206 g/mol. The Bertz CT molecular complexity index is 485. The van der Waals surface area contributed by atoms with Crippen LogP contribution in [-0.4, -0.2) is 4.55 Å². The maximum absolute atomic E-state index is 8.90. The van der Waals surface area contributed by atoms with Crippen molar-refractivity contribution in [1.82, 2.24) is 0 Å². The van der Waals surface area contributed by atoms with Gasteiger partial charge < -0.3 is 16.0 Å². The minimum atomic E-state index is 0.671. The van der Waals surface area contributed by atoms with Crippen LogP contribution in [0.5, 0.6) is 0 Å². The van der Waals surface area contributed by atoms with Crippen LogP contribution in [0.3, 0.4) is 0 Å². The zero-order valence-electron chi connectivity index (χ0n) is 7.40. The summed E-state index contributed by atoms with van der Waals surface area (Å²) in [5.41, 5.74) is 13.0. The van der Waals surface area contributed by atoms with E-state index >= 15 is 0 Å². The Morgan fingerprint density at radius 3 is 2.21 bits per heavy atom. The van der Waals surface area contributed by atoms with Crippen molar-refractivity contribution in [2.24, 2.45) is 0 Å². The SMILES string of the molecule is Nc1ccc(N)c2cc(SO)ccc12. The topological polar surface area (TPSA) is 72.3 Å². The van der Waals surface area contributed by atoms with Gasteiger partial charge in [0, 0.05) is 39.1 Å². The van der Waals surface area contributed by atoms with Crippen LogP contribution >= 0.6 is 12.0 Å². The Kier molecular flexibility index (Phi) is 2.23. The molecule has 0 spiro atoms. The largest absolute Gasteiger partial charge is 0.398 e. The molecule has 0 aromatic heterocycles. The predicted molar refractivity (Wildman–Crippen MR) is 61.3 cm³/mol. The van der Waals surface area contributed by atoms with E-state index in [2.05, 4.69) is 0 Å². The average molecular weight is 206 g/mol. The first kappa shape index (κ1) is 9.18. The molecule has 0 aliphatic heterocycles. The second-order valence-electron chi connectivity index (χ2n) is 3.04. The molecule has 72 valence electrons. The number of hydrogen-bond donors (Lipinski definition) is 3. The third-order valence-corrected chi connectivity index (χ3v) is 2.63. The molecule has 0 aliphatic rings. The summed E-state index contributed by atoms with van der Waals surface area (Å²) >= 11 is 0.702. The fourth-order valence-corrected chi connectivity index (χ4v) is 1.73.